The van der Waals surface area contributed by atoms with Gasteiger partial charge in [-0.1, -0.05) is 18.9 Å². The first-order valence-electron chi connectivity index (χ1n) is 6.84. The smallest absolute Gasteiger partial charge is 0.387 e. The molecule has 0 spiro atoms. The van der Waals surface area contributed by atoms with Crippen LogP contribution in [-0.4, -0.2) is 30.0 Å². The van der Waals surface area contributed by atoms with Crippen LogP contribution in [0.4, 0.5) is 8.78 Å². The average Bonchev–Trinajstić information content (AvgIpc) is 2.97. The van der Waals surface area contributed by atoms with E-state index in [0.29, 0.717) is 0 Å². The summed E-state index contributed by atoms with van der Waals surface area (Å²) >= 11 is 0. The normalized spacial score (nSPS) is 15.0. The molecule has 1 aliphatic carbocycles. The number of benzene rings is 1. The van der Waals surface area contributed by atoms with Gasteiger partial charge in [0.15, 0.2) is 0 Å². The van der Waals surface area contributed by atoms with Crippen LogP contribution >= 0.6 is 0 Å². The lowest BCUT2D eigenvalue weighted by Crippen LogP contribution is -2.39. The second-order valence-corrected chi connectivity index (χ2v) is 4.94. The Bertz CT molecular complexity index is 537. The minimum absolute atomic E-state index is 0.00340. The lowest BCUT2D eigenvalue weighted by atomic mass is 10.1. The molecule has 1 aliphatic rings. The van der Waals surface area contributed by atoms with E-state index in [2.05, 4.69) is 4.74 Å². The van der Waals surface area contributed by atoms with Crippen molar-refractivity contribution in [3.8, 4) is 11.8 Å². The van der Waals surface area contributed by atoms with Gasteiger partial charge in [0.05, 0.1) is 6.07 Å². The van der Waals surface area contributed by atoms with Gasteiger partial charge in [-0.3, -0.25) is 4.79 Å². The number of carbonyl (C=O) groups excluding carboxylic acids is 1. The van der Waals surface area contributed by atoms with Gasteiger partial charge in [-0.2, -0.15) is 14.0 Å². The van der Waals surface area contributed by atoms with E-state index in [4.69, 9.17) is 5.26 Å². The van der Waals surface area contributed by atoms with Gasteiger partial charge in [0.2, 0.25) is 0 Å². The quantitative estimate of drug-likeness (QED) is 0.784. The summed E-state index contributed by atoms with van der Waals surface area (Å²) in [7, 11) is 0. The van der Waals surface area contributed by atoms with Crippen LogP contribution in [0.3, 0.4) is 0 Å². The summed E-state index contributed by atoms with van der Waals surface area (Å²) in [5.74, 6) is -0.373. The first-order valence-corrected chi connectivity index (χ1v) is 6.84. The number of nitriles is 1. The predicted molar refractivity (Wildman–Crippen MR) is 72.0 cm³/mol. The Hall–Kier alpha value is -2.16. The van der Waals surface area contributed by atoms with Gasteiger partial charge in [-0.15, -0.1) is 0 Å². The molecule has 0 aliphatic heterocycles. The third-order valence-electron chi connectivity index (χ3n) is 3.57. The van der Waals surface area contributed by atoms with Crippen LogP contribution in [0.25, 0.3) is 0 Å². The highest BCUT2D eigenvalue weighted by Crippen LogP contribution is 2.25. The van der Waals surface area contributed by atoms with E-state index < -0.39 is 6.61 Å². The maximum atomic E-state index is 12.5. The molecule has 1 fully saturated rings. The number of nitrogens with zero attached hydrogens (tertiary/aromatic N) is 2. The summed E-state index contributed by atoms with van der Waals surface area (Å²) in [6.45, 7) is -2.93. The van der Waals surface area contributed by atoms with Crippen molar-refractivity contribution in [3.05, 3.63) is 29.8 Å². The molecule has 1 amide bonds. The van der Waals surface area contributed by atoms with E-state index in [9.17, 15) is 13.6 Å². The summed E-state index contributed by atoms with van der Waals surface area (Å²) in [6.07, 6.45) is 3.82. The van der Waals surface area contributed by atoms with E-state index >= 15 is 0 Å². The molecule has 6 heteroatoms. The number of hydrogen-bond donors (Lipinski definition) is 0. The fourth-order valence-electron chi connectivity index (χ4n) is 2.63. The molecule has 0 saturated heterocycles. The van der Waals surface area contributed by atoms with Gasteiger partial charge in [0, 0.05) is 11.6 Å². The largest absolute Gasteiger partial charge is 0.435 e. The van der Waals surface area contributed by atoms with Gasteiger partial charge in [0.25, 0.3) is 5.91 Å². The van der Waals surface area contributed by atoms with E-state index in [0.717, 1.165) is 25.7 Å². The van der Waals surface area contributed by atoms with Crippen LogP contribution in [0.5, 0.6) is 5.75 Å². The number of alkyl halides is 2. The SMILES string of the molecule is N#CCN(C(=O)c1cccc(OC(F)F)c1)C1CCCC1. The van der Waals surface area contributed by atoms with Crippen molar-refractivity contribution in [2.45, 2.75) is 38.3 Å². The summed E-state index contributed by atoms with van der Waals surface area (Å²) in [5.41, 5.74) is 0.260. The monoisotopic (exact) mass is 294 g/mol. The molecule has 4 nitrogen and oxygen atoms in total. The minimum atomic E-state index is -2.93. The topological polar surface area (TPSA) is 53.3 Å². The molecule has 1 aromatic rings. The molecule has 0 unspecified atom stereocenters. The molecule has 0 N–H and O–H groups in total. The van der Waals surface area contributed by atoms with E-state index in [1.165, 1.54) is 23.1 Å². The van der Waals surface area contributed by atoms with Crippen molar-refractivity contribution < 1.29 is 18.3 Å². The lowest BCUT2D eigenvalue weighted by Gasteiger charge is -2.26. The molecule has 0 radical (unpaired) electrons. The van der Waals surface area contributed by atoms with Crippen LogP contribution in [-0.2, 0) is 0 Å². The van der Waals surface area contributed by atoms with Crippen LogP contribution in [0.15, 0.2) is 24.3 Å². The van der Waals surface area contributed by atoms with Gasteiger partial charge in [0.1, 0.15) is 12.3 Å². The number of amides is 1. The summed E-state index contributed by atoms with van der Waals surface area (Å²) < 4.78 is 28.7. The Kier molecular flexibility index (Phi) is 5.09. The zero-order valence-electron chi connectivity index (χ0n) is 11.5. The van der Waals surface area contributed by atoms with Gasteiger partial charge >= 0.3 is 6.61 Å². The molecule has 112 valence electrons. The molecule has 21 heavy (non-hydrogen) atoms. The molecular formula is C15H16F2N2O2. The Morgan fingerprint density at radius 1 is 1.43 bits per heavy atom. The lowest BCUT2D eigenvalue weighted by molar-refractivity contribution is -0.0499. The minimum Gasteiger partial charge on any atom is -0.435 e. The first kappa shape index (κ1) is 15.2. The Labute approximate surface area is 121 Å². The molecule has 0 heterocycles. The zero-order valence-corrected chi connectivity index (χ0v) is 11.5. The van der Waals surface area contributed by atoms with Crippen molar-refractivity contribution in [2.24, 2.45) is 0 Å². The number of hydrogen-bond acceptors (Lipinski definition) is 3. The van der Waals surface area contributed by atoms with E-state index in [-0.39, 0.29) is 29.8 Å². The maximum Gasteiger partial charge on any atom is 0.387 e. The first-order chi connectivity index (χ1) is 10.1. The number of rotatable bonds is 5. The number of carbonyl (C=O) groups is 1. The average molecular weight is 294 g/mol. The molecule has 0 aromatic heterocycles. The standard InChI is InChI=1S/C15H16F2N2O2/c16-15(17)21-13-7-3-4-11(10-13)14(20)19(9-8-18)12-5-1-2-6-12/h3-4,7,10,12,15H,1-2,5-6,9H2. The maximum absolute atomic E-state index is 12.5. The zero-order chi connectivity index (χ0) is 15.2. The highest BCUT2D eigenvalue weighted by molar-refractivity contribution is 5.95. The molecule has 0 atom stereocenters. The third kappa shape index (κ3) is 3.91. The number of halogens is 2. The van der Waals surface area contributed by atoms with Crippen molar-refractivity contribution in [3.63, 3.8) is 0 Å². The van der Waals surface area contributed by atoms with Crippen molar-refractivity contribution in [1.29, 1.82) is 5.26 Å². The summed E-state index contributed by atoms with van der Waals surface area (Å²) in [4.78, 5) is 14.0. The van der Waals surface area contributed by atoms with Crippen LogP contribution in [0, 0.1) is 11.3 Å². The molecule has 1 saturated carbocycles. The fourth-order valence-corrected chi connectivity index (χ4v) is 2.63. The second-order valence-electron chi connectivity index (χ2n) is 4.94. The Morgan fingerprint density at radius 2 is 2.14 bits per heavy atom. The van der Waals surface area contributed by atoms with E-state index in [1.54, 1.807) is 6.07 Å². The summed E-state index contributed by atoms with van der Waals surface area (Å²) in [6, 6.07) is 7.73. The van der Waals surface area contributed by atoms with Gasteiger partial charge in [-0.05, 0) is 31.0 Å². The van der Waals surface area contributed by atoms with Crippen LogP contribution in [0.1, 0.15) is 36.0 Å². The molecular weight excluding hydrogens is 278 g/mol. The van der Waals surface area contributed by atoms with E-state index in [1.807, 2.05) is 6.07 Å². The van der Waals surface area contributed by atoms with Crippen molar-refractivity contribution >= 4 is 5.91 Å². The van der Waals surface area contributed by atoms with Crippen molar-refractivity contribution in [1.82, 2.24) is 4.90 Å². The van der Waals surface area contributed by atoms with Gasteiger partial charge < -0.3 is 9.64 Å². The summed E-state index contributed by atoms with van der Waals surface area (Å²) in [5, 5.41) is 8.90. The third-order valence-corrected chi connectivity index (χ3v) is 3.57. The second kappa shape index (κ2) is 7.02. The Balaban J connectivity index is 2.18. The molecule has 1 aromatic carbocycles. The predicted octanol–water partition coefficient (Wildman–Crippen LogP) is 3.20. The van der Waals surface area contributed by atoms with Gasteiger partial charge in [-0.25, -0.2) is 0 Å². The molecule has 0 bridgehead atoms. The highest BCUT2D eigenvalue weighted by atomic mass is 19.3. The number of ether oxygens (including phenoxy) is 1. The Morgan fingerprint density at radius 3 is 2.76 bits per heavy atom. The fraction of sp³-hybridized carbons (Fsp3) is 0.467. The van der Waals surface area contributed by atoms with Crippen LogP contribution in [0.2, 0.25) is 0 Å². The van der Waals surface area contributed by atoms with Crippen LogP contribution < -0.4 is 4.74 Å². The van der Waals surface area contributed by atoms with Crippen molar-refractivity contribution in [2.75, 3.05) is 6.54 Å². The highest BCUT2D eigenvalue weighted by Gasteiger charge is 2.27. The molecule has 2 rings (SSSR count).